The van der Waals surface area contributed by atoms with E-state index in [2.05, 4.69) is 29.8 Å². The molecule has 106 valence electrons. The third kappa shape index (κ3) is 4.03. The van der Waals surface area contributed by atoms with Crippen LogP contribution in [-0.2, 0) is 0 Å². The fourth-order valence-electron chi connectivity index (χ4n) is 2.21. The van der Waals surface area contributed by atoms with Crippen molar-refractivity contribution in [1.82, 2.24) is 4.90 Å². The Bertz CT molecular complexity index is 432. The molecule has 0 aliphatic carbocycles. The largest absolute Gasteiger partial charge is 0.335 e. The van der Waals surface area contributed by atoms with Gasteiger partial charge in [0.25, 0.3) is 5.91 Å². The van der Waals surface area contributed by atoms with Crippen LogP contribution in [0.3, 0.4) is 0 Å². The van der Waals surface area contributed by atoms with E-state index in [-0.39, 0.29) is 17.8 Å². The average Bonchev–Trinajstić information content (AvgIpc) is 2.41. The molecule has 1 rings (SSSR count). The third-order valence-electron chi connectivity index (χ3n) is 3.37. The van der Waals surface area contributed by atoms with Gasteiger partial charge >= 0.3 is 0 Å². The van der Waals surface area contributed by atoms with E-state index >= 15 is 0 Å². The molecule has 0 aliphatic rings. The van der Waals surface area contributed by atoms with Crippen molar-refractivity contribution < 1.29 is 9.18 Å². The molecular formula is C15H21BrFNO. The van der Waals surface area contributed by atoms with E-state index in [9.17, 15) is 9.18 Å². The Kier molecular flexibility index (Phi) is 6.49. The summed E-state index contributed by atoms with van der Waals surface area (Å²) >= 11 is 3.39. The van der Waals surface area contributed by atoms with Crippen LogP contribution in [0.2, 0.25) is 0 Å². The van der Waals surface area contributed by atoms with E-state index in [1.54, 1.807) is 19.1 Å². The van der Waals surface area contributed by atoms with Crippen LogP contribution in [0, 0.1) is 12.7 Å². The molecule has 0 atom stereocenters. The number of aryl methyl sites for hydroxylation is 1. The highest BCUT2D eigenvalue weighted by atomic mass is 79.9. The number of alkyl halides is 1. The number of halogens is 2. The van der Waals surface area contributed by atoms with Crippen LogP contribution >= 0.6 is 15.9 Å². The molecule has 0 heterocycles. The molecule has 0 saturated heterocycles. The maximum atomic E-state index is 13.3. The Balaban J connectivity index is 3.01. The molecule has 0 aliphatic heterocycles. The third-order valence-corrected chi connectivity index (χ3v) is 3.73. The predicted octanol–water partition coefficient (Wildman–Crippen LogP) is 4.16. The smallest absolute Gasteiger partial charge is 0.254 e. The van der Waals surface area contributed by atoms with E-state index in [4.69, 9.17) is 0 Å². The van der Waals surface area contributed by atoms with Crippen LogP contribution in [0.4, 0.5) is 4.39 Å². The first-order valence-corrected chi connectivity index (χ1v) is 7.80. The monoisotopic (exact) mass is 329 g/mol. The SMILES string of the molecule is CCC(CC)N(CCBr)C(=O)c1ccc(F)c(C)c1. The van der Waals surface area contributed by atoms with Crippen LogP contribution < -0.4 is 0 Å². The number of amides is 1. The summed E-state index contributed by atoms with van der Waals surface area (Å²) in [6.45, 7) is 6.51. The molecule has 0 radical (unpaired) electrons. The molecule has 0 N–H and O–H groups in total. The number of carbonyl (C=O) groups excluding carboxylic acids is 1. The Morgan fingerprint density at radius 3 is 2.47 bits per heavy atom. The highest BCUT2D eigenvalue weighted by Gasteiger charge is 2.22. The average molecular weight is 330 g/mol. The van der Waals surface area contributed by atoms with Gasteiger partial charge in [-0.05, 0) is 43.5 Å². The number of benzene rings is 1. The summed E-state index contributed by atoms with van der Waals surface area (Å²) in [5.74, 6) is -0.289. The molecule has 0 aromatic heterocycles. The van der Waals surface area contributed by atoms with Gasteiger partial charge in [-0.2, -0.15) is 0 Å². The minimum absolute atomic E-state index is 0.0174. The molecule has 0 saturated carbocycles. The van der Waals surface area contributed by atoms with E-state index in [1.165, 1.54) is 6.07 Å². The van der Waals surface area contributed by atoms with Crippen LogP contribution in [0.5, 0.6) is 0 Å². The highest BCUT2D eigenvalue weighted by molar-refractivity contribution is 9.09. The predicted molar refractivity (Wildman–Crippen MR) is 80.3 cm³/mol. The lowest BCUT2D eigenvalue weighted by Gasteiger charge is -2.30. The Hall–Kier alpha value is -0.900. The quantitative estimate of drug-likeness (QED) is 0.717. The fourth-order valence-corrected chi connectivity index (χ4v) is 2.60. The molecule has 1 aromatic carbocycles. The van der Waals surface area contributed by atoms with E-state index in [0.29, 0.717) is 17.7 Å². The van der Waals surface area contributed by atoms with Gasteiger partial charge < -0.3 is 4.90 Å². The molecule has 0 spiro atoms. The molecule has 0 unspecified atom stereocenters. The fraction of sp³-hybridized carbons (Fsp3) is 0.533. The first-order valence-electron chi connectivity index (χ1n) is 6.68. The summed E-state index contributed by atoms with van der Waals surface area (Å²) in [6, 6.07) is 4.78. The van der Waals surface area contributed by atoms with Crippen molar-refractivity contribution in [1.29, 1.82) is 0 Å². The van der Waals surface area contributed by atoms with Crippen molar-refractivity contribution in [3.63, 3.8) is 0 Å². The second kappa shape index (κ2) is 7.63. The van der Waals surface area contributed by atoms with E-state index < -0.39 is 0 Å². The molecule has 1 aromatic rings. The van der Waals surface area contributed by atoms with Crippen molar-refractivity contribution in [2.24, 2.45) is 0 Å². The van der Waals surface area contributed by atoms with Gasteiger partial charge in [0, 0.05) is 23.5 Å². The van der Waals surface area contributed by atoms with Crippen LogP contribution in [0.15, 0.2) is 18.2 Å². The second-order valence-corrected chi connectivity index (χ2v) is 5.41. The second-order valence-electron chi connectivity index (χ2n) is 4.62. The minimum Gasteiger partial charge on any atom is -0.335 e. The van der Waals surface area contributed by atoms with Crippen molar-refractivity contribution in [2.75, 3.05) is 11.9 Å². The standard InChI is InChI=1S/C15H21BrFNO/c1-4-13(5-2)18(9-8-16)15(19)12-6-7-14(17)11(3)10-12/h6-7,10,13H,4-5,8-9H2,1-3H3. The maximum absolute atomic E-state index is 13.3. The molecular weight excluding hydrogens is 309 g/mol. The first kappa shape index (κ1) is 16.2. The van der Waals surface area contributed by atoms with Gasteiger partial charge in [-0.1, -0.05) is 29.8 Å². The number of rotatable bonds is 6. The zero-order chi connectivity index (χ0) is 14.4. The molecule has 0 fully saturated rings. The lowest BCUT2D eigenvalue weighted by Crippen LogP contribution is -2.41. The molecule has 19 heavy (non-hydrogen) atoms. The van der Waals surface area contributed by atoms with Crippen molar-refractivity contribution in [3.8, 4) is 0 Å². The normalized spacial score (nSPS) is 10.8. The van der Waals surface area contributed by atoms with Gasteiger partial charge in [-0.15, -0.1) is 0 Å². The Morgan fingerprint density at radius 1 is 1.37 bits per heavy atom. The van der Waals surface area contributed by atoms with E-state index in [0.717, 1.165) is 18.2 Å². The molecule has 4 heteroatoms. The van der Waals surface area contributed by atoms with Gasteiger partial charge in [-0.3, -0.25) is 4.79 Å². The lowest BCUT2D eigenvalue weighted by molar-refractivity contribution is 0.0683. The Morgan fingerprint density at radius 2 is 2.00 bits per heavy atom. The highest BCUT2D eigenvalue weighted by Crippen LogP contribution is 2.16. The summed E-state index contributed by atoms with van der Waals surface area (Å²) in [5, 5.41) is 0.745. The summed E-state index contributed by atoms with van der Waals surface area (Å²) < 4.78 is 13.3. The van der Waals surface area contributed by atoms with Gasteiger partial charge in [-0.25, -0.2) is 4.39 Å². The summed E-state index contributed by atoms with van der Waals surface area (Å²) in [5.41, 5.74) is 1.07. The zero-order valence-corrected chi connectivity index (χ0v) is 13.3. The minimum atomic E-state index is -0.272. The lowest BCUT2D eigenvalue weighted by atomic mass is 10.1. The van der Waals surface area contributed by atoms with Gasteiger partial charge in [0.1, 0.15) is 5.82 Å². The number of hydrogen-bond donors (Lipinski definition) is 0. The van der Waals surface area contributed by atoms with Crippen molar-refractivity contribution >= 4 is 21.8 Å². The number of carbonyl (C=O) groups is 1. The van der Waals surface area contributed by atoms with Gasteiger partial charge in [0.15, 0.2) is 0 Å². The number of nitrogens with zero attached hydrogens (tertiary/aromatic N) is 1. The molecule has 0 bridgehead atoms. The van der Waals surface area contributed by atoms with Crippen LogP contribution in [0.25, 0.3) is 0 Å². The first-order chi connectivity index (χ1) is 9.04. The zero-order valence-electron chi connectivity index (χ0n) is 11.7. The molecule has 1 amide bonds. The summed E-state index contributed by atoms with van der Waals surface area (Å²) in [7, 11) is 0. The van der Waals surface area contributed by atoms with Crippen LogP contribution in [0.1, 0.15) is 42.6 Å². The summed E-state index contributed by atoms with van der Waals surface area (Å²) in [4.78, 5) is 14.4. The maximum Gasteiger partial charge on any atom is 0.254 e. The van der Waals surface area contributed by atoms with Gasteiger partial charge in [0.05, 0.1) is 0 Å². The number of hydrogen-bond acceptors (Lipinski definition) is 1. The molecule has 2 nitrogen and oxygen atoms in total. The van der Waals surface area contributed by atoms with Crippen LogP contribution in [-0.4, -0.2) is 28.7 Å². The summed E-state index contributed by atoms with van der Waals surface area (Å²) in [6.07, 6.45) is 1.85. The topological polar surface area (TPSA) is 20.3 Å². The van der Waals surface area contributed by atoms with Crippen molar-refractivity contribution in [2.45, 2.75) is 39.7 Å². The van der Waals surface area contributed by atoms with Gasteiger partial charge in [0.2, 0.25) is 0 Å². The van der Waals surface area contributed by atoms with E-state index in [1.807, 2.05) is 4.90 Å². The Labute approximate surface area is 123 Å². The van der Waals surface area contributed by atoms with Crippen molar-refractivity contribution in [3.05, 3.63) is 35.1 Å².